The molecular weight excluding hydrogens is 507 g/mol. The monoisotopic (exact) mass is 542 g/mol. The maximum absolute atomic E-state index is 5.39. The van der Waals surface area contributed by atoms with Crippen LogP contribution in [-0.2, 0) is 5.41 Å². The molecule has 0 saturated carbocycles. The molecule has 2 heterocycles. The summed E-state index contributed by atoms with van der Waals surface area (Å²) in [5, 5.41) is 10.6. The summed E-state index contributed by atoms with van der Waals surface area (Å²) in [7, 11) is 1.71. The van der Waals surface area contributed by atoms with E-state index in [0.717, 1.165) is 44.2 Å². The first-order valence-electron chi connectivity index (χ1n) is 10.5. The van der Waals surface area contributed by atoms with E-state index in [4.69, 9.17) is 9.73 Å². The minimum absolute atomic E-state index is 0. The van der Waals surface area contributed by atoms with E-state index in [1.54, 1.807) is 7.11 Å². The van der Waals surface area contributed by atoms with E-state index >= 15 is 0 Å². The van der Waals surface area contributed by atoms with Crippen molar-refractivity contribution in [1.29, 1.82) is 0 Å². The molecular formula is C23H35IN4OS. The summed E-state index contributed by atoms with van der Waals surface area (Å²) in [4.78, 5) is 7.41. The Balaban J connectivity index is 0.00000320. The van der Waals surface area contributed by atoms with Gasteiger partial charge in [-0.05, 0) is 55.0 Å². The van der Waals surface area contributed by atoms with E-state index in [2.05, 4.69) is 66.0 Å². The van der Waals surface area contributed by atoms with Crippen LogP contribution in [0.2, 0.25) is 0 Å². The zero-order valence-corrected chi connectivity index (χ0v) is 21.6. The zero-order valence-electron chi connectivity index (χ0n) is 18.5. The van der Waals surface area contributed by atoms with Gasteiger partial charge in [0.15, 0.2) is 5.96 Å². The van der Waals surface area contributed by atoms with Gasteiger partial charge in [-0.25, -0.2) is 0 Å². The maximum atomic E-state index is 5.39. The lowest BCUT2D eigenvalue weighted by Crippen LogP contribution is -2.49. The predicted molar refractivity (Wildman–Crippen MR) is 140 cm³/mol. The number of aliphatic imine (C=N–C) groups is 1. The van der Waals surface area contributed by atoms with Crippen LogP contribution in [0.3, 0.4) is 0 Å². The largest absolute Gasteiger partial charge is 0.497 e. The number of guanidine groups is 1. The minimum atomic E-state index is -0.0700. The molecule has 7 heteroatoms. The van der Waals surface area contributed by atoms with Gasteiger partial charge < -0.3 is 20.3 Å². The summed E-state index contributed by atoms with van der Waals surface area (Å²) >= 11 is 1.82. The second-order valence-corrected chi connectivity index (χ2v) is 9.09. The van der Waals surface area contributed by atoms with Gasteiger partial charge in [0.2, 0.25) is 0 Å². The predicted octanol–water partition coefficient (Wildman–Crippen LogP) is 4.88. The zero-order chi connectivity index (χ0) is 20.7. The third-order valence-electron chi connectivity index (χ3n) is 5.48. The number of benzene rings is 1. The van der Waals surface area contributed by atoms with Gasteiger partial charge in [0.05, 0.1) is 18.7 Å². The number of rotatable bonds is 7. The number of ether oxygens (including phenoxy) is 1. The van der Waals surface area contributed by atoms with Gasteiger partial charge in [0, 0.05) is 31.1 Å². The molecule has 0 amide bonds. The smallest absolute Gasteiger partial charge is 0.191 e. The van der Waals surface area contributed by atoms with Crippen LogP contribution in [0, 0.1) is 0 Å². The summed E-state index contributed by atoms with van der Waals surface area (Å²) < 4.78 is 5.39. The van der Waals surface area contributed by atoms with Crippen LogP contribution in [0.1, 0.15) is 39.2 Å². The molecule has 30 heavy (non-hydrogen) atoms. The van der Waals surface area contributed by atoms with Crippen LogP contribution in [0.4, 0.5) is 5.00 Å². The summed E-state index contributed by atoms with van der Waals surface area (Å²) in [5.74, 6) is 1.81. The van der Waals surface area contributed by atoms with Crippen molar-refractivity contribution in [3.63, 3.8) is 0 Å². The number of piperidine rings is 1. The van der Waals surface area contributed by atoms with Crippen molar-refractivity contribution in [2.24, 2.45) is 4.99 Å². The average molecular weight is 543 g/mol. The molecule has 0 bridgehead atoms. The third-order valence-corrected chi connectivity index (χ3v) is 6.41. The second-order valence-electron chi connectivity index (χ2n) is 8.17. The summed E-state index contributed by atoms with van der Waals surface area (Å²) in [6, 6.07) is 13.1. The first kappa shape index (κ1) is 24.8. The van der Waals surface area contributed by atoms with Crippen LogP contribution in [0.5, 0.6) is 5.75 Å². The van der Waals surface area contributed by atoms with E-state index in [9.17, 15) is 0 Å². The molecule has 1 aromatic heterocycles. The lowest BCUT2D eigenvalue weighted by atomic mass is 9.84. The number of hydrogen-bond acceptors (Lipinski definition) is 4. The van der Waals surface area contributed by atoms with Gasteiger partial charge in [-0.1, -0.05) is 26.0 Å². The topological polar surface area (TPSA) is 48.9 Å². The standard InChI is InChI=1S/C23H34N4OS.HI/c1-5-24-22(25-17-23(2,3)18-8-6-9-20(16-18)28-4)26-19-11-13-27(14-12-19)21-10-7-15-29-21;/h6-10,15-16,19H,5,11-14,17H2,1-4H3,(H2,24,25,26);1H. The molecule has 0 atom stereocenters. The Morgan fingerprint density at radius 3 is 2.63 bits per heavy atom. The highest BCUT2D eigenvalue weighted by molar-refractivity contribution is 14.0. The quantitative estimate of drug-likeness (QED) is 0.298. The summed E-state index contributed by atoms with van der Waals surface area (Å²) in [5.41, 5.74) is 1.17. The molecule has 1 fully saturated rings. The van der Waals surface area contributed by atoms with E-state index in [1.807, 2.05) is 23.5 Å². The minimum Gasteiger partial charge on any atom is -0.497 e. The van der Waals surface area contributed by atoms with E-state index < -0.39 is 0 Å². The second kappa shape index (κ2) is 11.8. The molecule has 0 spiro atoms. The molecule has 5 nitrogen and oxygen atoms in total. The fourth-order valence-electron chi connectivity index (χ4n) is 3.62. The fraction of sp³-hybridized carbons (Fsp3) is 0.522. The number of anilines is 1. The SMILES string of the molecule is CCNC(=NCC(C)(C)c1cccc(OC)c1)NC1CCN(c2cccs2)CC1.I. The number of nitrogens with one attached hydrogen (secondary N) is 2. The molecule has 1 aliphatic rings. The maximum Gasteiger partial charge on any atom is 0.191 e. The highest BCUT2D eigenvalue weighted by Gasteiger charge is 2.23. The number of methoxy groups -OCH3 is 1. The third kappa shape index (κ3) is 6.77. The van der Waals surface area contributed by atoms with Crippen LogP contribution in [0.15, 0.2) is 46.8 Å². The Labute approximate surface area is 202 Å². The lowest BCUT2D eigenvalue weighted by molar-refractivity contribution is 0.412. The van der Waals surface area contributed by atoms with Crippen molar-refractivity contribution in [1.82, 2.24) is 10.6 Å². The van der Waals surface area contributed by atoms with Crippen molar-refractivity contribution in [2.45, 2.75) is 45.1 Å². The van der Waals surface area contributed by atoms with Gasteiger partial charge >= 0.3 is 0 Å². The molecule has 1 aliphatic heterocycles. The van der Waals surface area contributed by atoms with Gasteiger partial charge in [-0.2, -0.15) is 0 Å². The van der Waals surface area contributed by atoms with Gasteiger partial charge in [-0.3, -0.25) is 4.99 Å². The molecule has 0 unspecified atom stereocenters. The van der Waals surface area contributed by atoms with Crippen molar-refractivity contribution >= 4 is 46.3 Å². The van der Waals surface area contributed by atoms with Crippen molar-refractivity contribution < 1.29 is 4.74 Å². The molecule has 0 radical (unpaired) electrons. The van der Waals surface area contributed by atoms with E-state index in [-0.39, 0.29) is 29.4 Å². The van der Waals surface area contributed by atoms with Crippen molar-refractivity contribution in [3.8, 4) is 5.75 Å². The Bertz CT molecular complexity index is 786. The number of hydrogen-bond donors (Lipinski definition) is 2. The number of halogens is 1. The van der Waals surface area contributed by atoms with E-state index in [0.29, 0.717) is 12.6 Å². The summed E-state index contributed by atoms with van der Waals surface area (Å²) in [6.07, 6.45) is 2.25. The number of thiophene rings is 1. The molecule has 3 rings (SSSR count). The highest BCUT2D eigenvalue weighted by Crippen LogP contribution is 2.27. The Morgan fingerprint density at radius 2 is 2.00 bits per heavy atom. The molecule has 1 saturated heterocycles. The Hall–Kier alpha value is -1.48. The normalized spacial score (nSPS) is 15.5. The van der Waals surface area contributed by atoms with Crippen LogP contribution >= 0.6 is 35.3 Å². The molecule has 2 N–H and O–H groups in total. The van der Waals surface area contributed by atoms with Crippen LogP contribution < -0.4 is 20.3 Å². The van der Waals surface area contributed by atoms with Crippen LogP contribution in [0.25, 0.3) is 0 Å². The Morgan fingerprint density at radius 1 is 1.23 bits per heavy atom. The molecule has 1 aromatic carbocycles. The Kier molecular flexibility index (Phi) is 9.74. The van der Waals surface area contributed by atoms with Gasteiger partial charge in [0.25, 0.3) is 0 Å². The first-order chi connectivity index (χ1) is 14.0. The lowest BCUT2D eigenvalue weighted by Gasteiger charge is -2.34. The first-order valence-corrected chi connectivity index (χ1v) is 11.4. The van der Waals surface area contributed by atoms with Gasteiger partial charge in [0.1, 0.15) is 5.75 Å². The van der Waals surface area contributed by atoms with Crippen molar-refractivity contribution in [2.75, 3.05) is 38.2 Å². The molecule has 0 aliphatic carbocycles. The number of nitrogens with zero attached hydrogens (tertiary/aromatic N) is 2. The van der Waals surface area contributed by atoms with E-state index in [1.165, 1.54) is 10.6 Å². The van der Waals surface area contributed by atoms with Gasteiger partial charge in [-0.15, -0.1) is 35.3 Å². The highest BCUT2D eigenvalue weighted by atomic mass is 127. The molecule has 166 valence electrons. The summed E-state index contributed by atoms with van der Waals surface area (Å²) in [6.45, 7) is 10.3. The average Bonchev–Trinajstić information content (AvgIpc) is 3.28. The van der Waals surface area contributed by atoms with Crippen molar-refractivity contribution in [3.05, 3.63) is 47.3 Å². The fourth-order valence-corrected chi connectivity index (χ4v) is 4.40. The molecule has 2 aromatic rings. The van der Waals surface area contributed by atoms with Crippen LogP contribution in [-0.4, -0.2) is 45.3 Å².